The van der Waals surface area contributed by atoms with Gasteiger partial charge < -0.3 is 14.8 Å². The molecule has 1 N–H and O–H groups in total. The Balaban J connectivity index is 1.76. The van der Waals surface area contributed by atoms with Gasteiger partial charge in [-0.2, -0.15) is 0 Å². The molecule has 5 nitrogen and oxygen atoms in total. The molecule has 1 heterocycles. The van der Waals surface area contributed by atoms with Gasteiger partial charge in [0.25, 0.3) is 5.91 Å². The maximum atomic E-state index is 12.2. The van der Waals surface area contributed by atoms with Crippen LogP contribution in [-0.4, -0.2) is 24.6 Å². The summed E-state index contributed by atoms with van der Waals surface area (Å²) < 4.78 is 10.7. The lowest BCUT2D eigenvalue weighted by molar-refractivity contribution is -0.118. The number of ether oxygens (including phenoxy) is 2. The minimum Gasteiger partial charge on any atom is -0.497 e. The highest BCUT2D eigenvalue weighted by Gasteiger charge is 2.15. The predicted octanol–water partition coefficient (Wildman–Crippen LogP) is 4.88. The second-order valence-corrected chi connectivity index (χ2v) is 6.40. The Morgan fingerprint density at radius 3 is 2.54 bits per heavy atom. The first kappa shape index (κ1) is 18.3. The zero-order chi connectivity index (χ0) is 18.7. The molecule has 1 aromatic heterocycles. The highest BCUT2D eigenvalue weighted by atomic mass is 35.5. The van der Waals surface area contributed by atoms with Gasteiger partial charge in [-0.15, -0.1) is 0 Å². The largest absolute Gasteiger partial charge is 0.497 e. The van der Waals surface area contributed by atoms with Gasteiger partial charge in [-0.25, -0.2) is 4.98 Å². The minimum absolute atomic E-state index is 0.210. The Morgan fingerprint density at radius 2 is 1.85 bits per heavy atom. The molecule has 0 aliphatic carbocycles. The van der Waals surface area contributed by atoms with E-state index < -0.39 is 0 Å². The molecule has 1 amide bonds. The van der Waals surface area contributed by atoms with Crippen molar-refractivity contribution in [2.45, 2.75) is 6.92 Å². The topological polar surface area (TPSA) is 60.5 Å². The Hall–Kier alpha value is -2.50. The van der Waals surface area contributed by atoms with Gasteiger partial charge in [-0.3, -0.25) is 4.79 Å². The molecule has 134 valence electrons. The molecule has 0 radical (unpaired) electrons. The average molecular weight is 391 g/mol. The van der Waals surface area contributed by atoms with E-state index in [0.717, 1.165) is 5.69 Å². The minimum atomic E-state index is -0.318. The lowest BCUT2D eigenvalue weighted by Gasteiger charge is -2.12. The number of aryl methyl sites for hydroxylation is 1. The summed E-state index contributed by atoms with van der Waals surface area (Å²) in [7, 11) is 1.58. The molecule has 0 aliphatic rings. The third-order valence-electron chi connectivity index (χ3n) is 3.70. The second kappa shape index (κ2) is 7.81. The molecular weight excluding hydrogens is 375 g/mol. The number of methoxy groups -OCH3 is 1. The van der Waals surface area contributed by atoms with Crippen LogP contribution < -0.4 is 14.8 Å². The van der Waals surface area contributed by atoms with Crippen LogP contribution >= 0.6 is 23.2 Å². The molecule has 2 aromatic carbocycles. The van der Waals surface area contributed by atoms with Gasteiger partial charge in [-0.1, -0.05) is 23.2 Å². The lowest BCUT2D eigenvalue weighted by atomic mass is 10.2. The van der Waals surface area contributed by atoms with Crippen LogP contribution in [0.4, 0.5) is 5.69 Å². The zero-order valence-corrected chi connectivity index (χ0v) is 15.7. The first-order valence-corrected chi connectivity index (χ1v) is 8.55. The number of aromatic nitrogens is 1. The number of nitrogens with one attached hydrogen (secondary N) is 1. The Labute approximate surface area is 160 Å². The van der Waals surface area contributed by atoms with Gasteiger partial charge in [0.15, 0.2) is 12.4 Å². The fourth-order valence-electron chi connectivity index (χ4n) is 2.44. The fraction of sp³-hybridized carbons (Fsp3) is 0.158. The highest BCUT2D eigenvalue weighted by molar-refractivity contribution is 6.39. The zero-order valence-electron chi connectivity index (χ0n) is 14.2. The number of hydrogen-bond acceptors (Lipinski definition) is 4. The number of anilines is 1. The molecule has 0 saturated carbocycles. The molecular formula is C19H16Cl2N2O3. The number of rotatable bonds is 5. The van der Waals surface area contributed by atoms with E-state index in [1.165, 1.54) is 0 Å². The van der Waals surface area contributed by atoms with Crippen LogP contribution in [0.3, 0.4) is 0 Å². The van der Waals surface area contributed by atoms with Crippen molar-refractivity contribution in [3.05, 3.63) is 58.2 Å². The normalized spacial score (nSPS) is 10.6. The van der Waals surface area contributed by atoms with Crippen molar-refractivity contribution in [2.24, 2.45) is 0 Å². The summed E-state index contributed by atoms with van der Waals surface area (Å²) in [4.78, 5) is 16.6. The van der Waals surface area contributed by atoms with Gasteiger partial charge in [0, 0.05) is 16.8 Å². The van der Waals surface area contributed by atoms with Gasteiger partial charge in [0.05, 0.1) is 17.2 Å². The fourth-order valence-corrected chi connectivity index (χ4v) is 3.01. The molecule has 3 rings (SSSR count). The first-order valence-electron chi connectivity index (χ1n) is 7.80. The van der Waals surface area contributed by atoms with E-state index in [1.54, 1.807) is 37.4 Å². The van der Waals surface area contributed by atoms with E-state index in [4.69, 9.17) is 32.7 Å². The van der Waals surface area contributed by atoms with Crippen molar-refractivity contribution in [3.63, 3.8) is 0 Å². The Bertz CT molecular complexity index is 959. The van der Waals surface area contributed by atoms with E-state index in [-0.39, 0.29) is 12.5 Å². The summed E-state index contributed by atoms with van der Waals surface area (Å²) in [5, 5.41) is 4.24. The maximum Gasteiger partial charge on any atom is 0.262 e. The van der Waals surface area contributed by atoms with Crippen molar-refractivity contribution in [3.8, 4) is 11.5 Å². The number of nitrogens with zero attached hydrogens (tertiary/aromatic N) is 1. The monoisotopic (exact) mass is 390 g/mol. The maximum absolute atomic E-state index is 12.2. The first-order chi connectivity index (χ1) is 12.5. The summed E-state index contributed by atoms with van der Waals surface area (Å²) in [6, 6.07) is 12.3. The van der Waals surface area contributed by atoms with Gasteiger partial charge in [0.2, 0.25) is 0 Å². The summed E-state index contributed by atoms with van der Waals surface area (Å²) in [5.74, 6) is 0.724. The van der Waals surface area contributed by atoms with Crippen LogP contribution in [0, 0.1) is 6.92 Å². The molecule has 7 heteroatoms. The standard InChI is InChI=1S/C19H16Cl2N2O3/c1-11-3-8-14-15(20)9-16(21)19(18(14)22-11)26-10-17(24)23-12-4-6-13(25-2)7-5-12/h3-9H,10H2,1-2H3,(H,23,24). The average Bonchev–Trinajstić information content (AvgIpc) is 2.62. The lowest BCUT2D eigenvalue weighted by Crippen LogP contribution is -2.20. The number of hydrogen-bond donors (Lipinski definition) is 1. The van der Waals surface area contributed by atoms with Crippen LogP contribution in [0.5, 0.6) is 11.5 Å². The summed E-state index contributed by atoms with van der Waals surface area (Å²) in [5.41, 5.74) is 1.96. The third kappa shape index (κ3) is 4.00. The Kier molecular flexibility index (Phi) is 5.49. The van der Waals surface area contributed by atoms with Gasteiger partial charge in [0.1, 0.15) is 11.3 Å². The quantitative estimate of drug-likeness (QED) is 0.674. The van der Waals surface area contributed by atoms with E-state index in [0.29, 0.717) is 38.1 Å². The summed E-state index contributed by atoms with van der Waals surface area (Å²) >= 11 is 12.5. The van der Waals surface area contributed by atoms with Crippen molar-refractivity contribution in [1.29, 1.82) is 0 Å². The molecule has 0 saturated heterocycles. The molecule has 3 aromatic rings. The number of fused-ring (bicyclic) bond motifs is 1. The van der Waals surface area contributed by atoms with Crippen molar-refractivity contribution in [2.75, 3.05) is 19.0 Å². The van der Waals surface area contributed by atoms with Crippen LogP contribution in [0.25, 0.3) is 10.9 Å². The van der Waals surface area contributed by atoms with Crippen molar-refractivity contribution < 1.29 is 14.3 Å². The molecule has 0 unspecified atom stereocenters. The number of carbonyl (C=O) groups excluding carboxylic acids is 1. The van der Waals surface area contributed by atoms with Crippen LogP contribution in [0.1, 0.15) is 5.69 Å². The SMILES string of the molecule is COc1ccc(NC(=O)COc2c(Cl)cc(Cl)c3ccc(C)nc23)cc1. The van der Waals surface area contributed by atoms with E-state index in [2.05, 4.69) is 10.3 Å². The number of halogens is 2. The molecule has 0 aliphatic heterocycles. The van der Waals surface area contributed by atoms with E-state index >= 15 is 0 Å². The van der Waals surface area contributed by atoms with Crippen molar-refractivity contribution >= 4 is 45.7 Å². The smallest absolute Gasteiger partial charge is 0.262 e. The van der Waals surface area contributed by atoms with E-state index in [9.17, 15) is 4.79 Å². The van der Waals surface area contributed by atoms with Crippen LogP contribution in [0.2, 0.25) is 10.0 Å². The number of benzene rings is 2. The summed E-state index contributed by atoms with van der Waals surface area (Å²) in [6.45, 7) is 1.65. The molecule has 0 spiro atoms. The van der Waals surface area contributed by atoms with Gasteiger partial charge >= 0.3 is 0 Å². The Morgan fingerprint density at radius 1 is 1.12 bits per heavy atom. The molecule has 0 fully saturated rings. The predicted molar refractivity (Wildman–Crippen MR) is 104 cm³/mol. The van der Waals surface area contributed by atoms with E-state index in [1.807, 2.05) is 19.1 Å². The number of pyridine rings is 1. The van der Waals surface area contributed by atoms with Crippen LogP contribution in [0.15, 0.2) is 42.5 Å². The molecule has 0 atom stereocenters. The molecule has 0 bridgehead atoms. The number of amides is 1. The molecule has 26 heavy (non-hydrogen) atoms. The van der Waals surface area contributed by atoms with Gasteiger partial charge in [-0.05, 0) is 49.4 Å². The number of carbonyl (C=O) groups is 1. The second-order valence-electron chi connectivity index (χ2n) is 5.58. The van der Waals surface area contributed by atoms with Crippen LogP contribution in [-0.2, 0) is 4.79 Å². The highest BCUT2D eigenvalue weighted by Crippen LogP contribution is 2.37. The van der Waals surface area contributed by atoms with Crippen molar-refractivity contribution in [1.82, 2.24) is 4.98 Å². The summed E-state index contributed by atoms with van der Waals surface area (Å²) in [6.07, 6.45) is 0. The third-order valence-corrected chi connectivity index (χ3v) is 4.29.